The van der Waals surface area contributed by atoms with Gasteiger partial charge in [-0.25, -0.2) is 8.42 Å². The molecule has 1 atom stereocenters. The van der Waals surface area contributed by atoms with Gasteiger partial charge in [0.2, 0.25) is 0 Å². The molecule has 2 heterocycles. The maximum Gasteiger partial charge on any atom is 0.150 e. The zero-order valence-corrected chi connectivity index (χ0v) is 14.6. The molecule has 1 aliphatic heterocycles. The van der Waals surface area contributed by atoms with E-state index < -0.39 is 15.9 Å². The van der Waals surface area contributed by atoms with E-state index in [-0.39, 0.29) is 5.75 Å². The van der Waals surface area contributed by atoms with Gasteiger partial charge in [-0.15, -0.1) is 0 Å². The van der Waals surface area contributed by atoms with Gasteiger partial charge >= 0.3 is 0 Å². The molecule has 24 heavy (non-hydrogen) atoms. The molecule has 0 saturated carbocycles. The van der Waals surface area contributed by atoms with Crippen LogP contribution >= 0.6 is 0 Å². The number of sulfone groups is 1. The first-order valence-corrected chi connectivity index (χ1v) is 10.2. The molecule has 2 aromatic rings. The first kappa shape index (κ1) is 17.1. The quantitative estimate of drug-likeness (QED) is 0.843. The minimum atomic E-state index is -3.23. The Morgan fingerprint density at radius 1 is 1.25 bits per heavy atom. The fourth-order valence-corrected chi connectivity index (χ4v) is 3.74. The average Bonchev–Trinajstić information content (AvgIpc) is 2.96. The number of nitrogens with zero attached hydrogens (tertiary/aromatic N) is 3. The summed E-state index contributed by atoms with van der Waals surface area (Å²) in [7, 11) is -3.23. The molecule has 0 saturated heterocycles. The molecule has 1 aliphatic rings. The largest absolute Gasteiger partial charge is 0.386 e. The van der Waals surface area contributed by atoms with Crippen molar-refractivity contribution >= 4 is 9.84 Å². The van der Waals surface area contributed by atoms with Crippen molar-refractivity contribution in [1.29, 1.82) is 0 Å². The maximum absolute atomic E-state index is 11.3. The summed E-state index contributed by atoms with van der Waals surface area (Å²) in [4.78, 5) is 2.36. The lowest BCUT2D eigenvalue weighted by Crippen LogP contribution is -2.35. The van der Waals surface area contributed by atoms with E-state index in [0.29, 0.717) is 5.69 Å². The van der Waals surface area contributed by atoms with Crippen molar-refractivity contribution in [2.24, 2.45) is 0 Å². The van der Waals surface area contributed by atoms with E-state index in [1.54, 1.807) is 0 Å². The number of rotatable bonds is 6. The summed E-state index contributed by atoms with van der Waals surface area (Å²) in [5, 5.41) is 14.4. The molecule has 1 aromatic carbocycles. The van der Waals surface area contributed by atoms with E-state index >= 15 is 0 Å². The Labute approximate surface area is 142 Å². The highest BCUT2D eigenvalue weighted by molar-refractivity contribution is 7.90. The molecule has 0 amide bonds. The van der Waals surface area contributed by atoms with Gasteiger partial charge < -0.3 is 5.11 Å². The molecule has 0 spiro atoms. The van der Waals surface area contributed by atoms with Gasteiger partial charge in [0, 0.05) is 25.9 Å². The first-order valence-electron chi connectivity index (χ1n) is 8.09. The van der Waals surface area contributed by atoms with Crippen molar-refractivity contribution in [3.05, 3.63) is 53.3 Å². The fourth-order valence-electron chi connectivity index (χ4n) is 3.00. The Kier molecular flexibility index (Phi) is 5.03. The van der Waals surface area contributed by atoms with E-state index in [1.807, 2.05) is 16.8 Å². The second-order valence-corrected chi connectivity index (χ2v) is 8.59. The van der Waals surface area contributed by atoms with E-state index in [1.165, 1.54) is 5.56 Å². The van der Waals surface area contributed by atoms with Crippen molar-refractivity contribution in [3.8, 4) is 0 Å². The number of aliphatic hydroxyl groups excluding tert-OH is 1. The highest BCUT2D eigenvalue weighted by atomic mass is 32.2. The van der Waals surface area contributed by atoms with Crippen LogP contribution in [0.3, 0.4) is 0 Å². The highest BCUT2D eigenvalue weighted by Gasteiger charge is 2.23. The molecule has 6 nitrogen and oxygen atoms in total. The Bertz CT molecular complexity index is 787. The predicted octanol–water partition coefficient (Wildman–Crippen LogP) is 1.02. The topological polar surface area (TPSA) is 75.4 Å². The molecule has 0 unspecified atom stereocenters. The van der Waals surface area contributed by atoms with Crippen molar-refractivity contribution in [3.63, 3.8) is 0 Å². The molecular formula is C17H23N3O3S. The minimum Gasteiger partial charge on any atom is -0.386 e. The van der Waals surface area contributed by atoms with Gasteiger partial charge in [0.25, 0.3) is 0 Å². The van der Waals surface area contributed by atoms with Crippen LogP contribution in [0.2, 0.25) is 0 Å². The Balaban J connectivity index is 1.61. The summed E-state index contributed by atoms with van der Waals surface area (Å²) in [6.07, 6.45) is 1.06. The Morgan fingerprint density at radius 3 is 2.71 bits per heavy atom. The summed E-state index contributed by atoms with van der Waals surface area (Å²) in [6, 6.07) is 12.2. The van der Waals surface area contributed by atoms with E-state index in [2.05, 4.69) is 34.3 Å². The smallest absolute Gasteiger partial charge is 0.150 e. The Hall–Kier alpha value is -1.70. The monoisotopic (exact) mass is 349 g/mol. The lowest BCUT2D eigenvalue weighted by molar-refractivity contribution is 0.193. The van der Waals surface area contributed by atoms with E-state index in [0.717, 1.165) is 44.5 Å². The number of aliphatic hydroxyl groups is 1. The van der Waals surface area contributed by atoms with Gasteiger partial charge in [0.05, 0.1) is 23.7 Å². The van der Waals surface area contributed by atoms with Crippen LogP contribution in [-0.4, -0.2) is 53.3 Å². The van der Waals surface area contributed by atoms with Crippen LogP contribution in [0.4, 0.5) is 0 Å². The molecule has 7 heteroatoms. The van der Waals surface area contributed by atoms with Crippen molar-refractivity contribution < 1.29 is 13.5 Å². The maximum atomic E-state index is 11.3. The van der Waals surface area contributed by atoms with Crippen LogP contribution in [0.15, 0.2) is 36.4 Å². The molecule has 0 radical (unpaired) electrons. The van der Waals surface area contributed by atoms with Crippen LogP contribution in [0.1, 0.15) is 23.1 Å². The third-order valence-corrected chi connectivity index (χ3v) is 5.18. The second kappa shape index (κ2) is 7.04. The zero-order valence-electron chi connectivity index (χ0n) is 13.8. The third-order valence-electron chi connectivity index (χ3n) is 4.26. The molecule has 1 N–H and O–H groups in total. The van der Waals surface area contributed by atoms with Gasteiger partial charge in [-0.05, 0) is 18.1 Å². The molecule has 1 aromatic heterocycles. The lowest BCUT2D eigenvalue weighted by atomic mass is 10.1. The predicted molar refractivity (Wildman–Crippen MR) is 92.3 cm³/mol. The van der Waals surface area contributed by atoms with Gasteiger partial charge in [-0.2, -0.15) is 5.10 Å². The molecule has 3 rings (SSSR count). The fraction of sp³-hybridized carbons (Fsp3) is 0.471. The van der Waals surface area contributed by atoms with Crippen molar-refractivity contribution in [2.45, 2.75) is 25.6 Å². The Morgan fingerprint density at radius 2 is 2.00 bits per heavy atom. The van der Waals surface area contributed by atoms with E-state index in [9.17, 15) is 13.5 Å². The highest BCUT2D eigenvalue weighted by Crippen LogP contribution is 2.19. The number of hydrogen-bond acceptors (Lipinski definition) is 5. The summed E-state index contributed by atoms with van der Waals surface area (Å²) in [6.45, 7) is 3.40. The number of fused-ring (bicyclic) bond motifs is 1. The van der Waals surface area contributed by atoms with Crippen LogP contribution in [0.5, 0.6) is 0 Å². The zero-order chi connectivity index (χ0) is 17.2. The molecule has 130 valence electrons. The van der Waals surface area contributed by atoms with Crippen molar-refractivity contribution in [2.75, 3.05) is 25.1 Å². The molecule has 0 aliphatic carbocycles. The van der Waals surface area contributed by atoms with Gasteiger partial charge in [0.1, 0.15) is 15.9 Å². The average molecular weight is 349 g/mol. The standard InChI is InChI=1S/C17H23N3O3S/c1-24(22,23)13-17(21)16-11-15-12-19(9-10-20(15)18-16)8-7-14-5-3-2-4-6-14/h2-6,11,17,21H,7-10,12-13H2,1H3/t17-/m1/s1. The first-order chi connectivity index (χ1) is 11.4. The van der Waals surface area contributed by atoms with Gasteiger partial charge in [-0.3, -0.25) is 9.58 Å². The molecular weight excluding hydrogens is 326 g/mol. The van der Waals surface area contributed by atoms with Gasteiger partial charge in [-0.1, -0.05) is 30.3 Å². The van der Waals surface area contributed by atoms with Crippen LogP contribution in [0.25, 0.3) is 0 Å². The number of hydrogen-bond donors (Lipinski definition) is 1. The van der Waals surface area contributed by atoms with E-state index in [4.69, 9.17) is 0 Å². The number of aromatic nitrogens is 2. The second-order valence-electron chi connectivity index (χ2n) is 6.40. The third kappa shape index (κ3) is 4.43. The normalized spacial score (nSPS) is 16.8. The van der Waals surface area contributed by atoms with Crippen LogP contribution < -0.4 is 0 Å². The molecule has 0 bridgehead atoms. The summed E-state index contributed by atoms with van der Waals surface area (Å²) >= 11 is 0. The summed E-state index contributed by atoms with van der Waals surface area (Å²) < 4.78 is 24.5. The van der Waals surface area contributed by atoms with Gasteiger partial charge in [0.15, 0.2) is 0 Å². The van der Waals surface area contributed by atoms with Crippen molar-refractivity contribution in [1.82, 2.24) is 14.7 Å². The number of benzene rings is 1. The summed E-state index contributed by atoms with van der Waals surface area (Å²) in [5.41, 5.74) is 2.79. The van der Waals surface area contributed by atoms with Crippen LogP contribution in [-0.2, 0) is 29.3 Å². The lowest BCUT2D eigenvalue weighted by Gasteiger charge is -2.27. The SMILES string of the molecule is CS(=O)(=O)C[C@@H](O)c1cc2n(n1)CCN(CCc1ccccc1)C2. The molecule has 0 fully saturated rings. The van der Waals surface area contributed by atoms with Crippen LogP contribution in [0, 0.1) is 0 Å². The summed E-state index contributed by atoms with van der Waals surface area (Å²) in [5.74, 6) is -0.291. The minimum absolute atomic E-state index is 0.291.